The number of ether oxygens (including phenoxy) is 1. The molecule has 0 spiro atoms. The SMILES string of the molecule is Cc1ccc(S(=O)(=O)NCc2ccc(Oc3nccs3)cc2)cc1C. The molecule has 130 valence electrons. The van der Waals surface area contributed by atoms with Gasteiger partial charge in [-0.2, -0.15) is 0 Å². The largest absolute Gasteiger partial charge is 0.431 e. The number of nitrogens with zero attached hydrogens (tertiary/aromatic N) is 1. The van der Waals surface area contributed by atoms with E-state index < -0.39 is 10.0 Å². The number of nitrogens with one attached hydrogen (secondary N) is 1. The van der Waals surface area contributed by atoms with Crippen molar-refractivity contribution in [1.82, 2.24) is 9.71 Å². The summed E-state index contributed by atoms with van der Waals surface area (Å²) in [7, 11) is -3.54. The van der Waals surface area contributed by atoms with Crippen LogP contribution in [0, 0.1) is 13.8 Å². The Morgan fingerprint density at radius 1 is 1.08 bits per heavy atom. The Morgan fingerprint density at radius 3 is 2.48 bits per heavy atom. The molecule has 0 saturated carbocycles. The van der Waals surface area contributed by atoms with Gasteiger partial charge in [-0.05, 0) is 54.8 Å². The van der Waals surface area contributed by atoms with Gasteiger partial charge in [-0.3, -0.25) is 0 Å². The minimum atomic E-state index is -3.54. The van der Waals surface area contributed by atoms with Crippen LogP contribution in [0.15, 0.2) is 58.9 Å². The standard InChI is InChI=1S/C18H18N2O3S2/c1-13-3-8-17(11-14(13)2)25(21,22)20-12-15-4-6-16(7-5-15)23-18-19-9-10-24-18/h3-11,20H,12H2,1-2H3. The van der Waals surface area contributed by atoms with Gasteiger partial charge in [0.25, 0.3) is 5.19 Å². The molecule has 0 unspecified atom stereocenters. The quantitative estimate of drug-likeness (QED) is 0.707. The van der Waals surface area contributed by atoms with Gasteiger partial charge in [0.15, 0.2) is 0 Å². The Kier molecular flexibility index (Phi) is 5.17. The lowest BCUT2D eigenvalue weighted by atomic mass is 10.1. The molecule has 3 rings (SSSR count). The maximum Gasteiger partial charge on any atom is 0.278 e. The van der Waals surface area contributed by atoms with E-state index in [0.29, 0.717) is 10.9 Å². The van der Waals surface area contributed by atoms with Gasteiger partial charge >= 0.3 is 0 Å². The molecule has 0 aliphatic carbocycles. The number of aromatic nitrogens is 1. The third-order valence-electron chi connectivity index (χ3n) is 3.79. The zero-order valence-electron chi connectivity index (χ0n) is 13.9. The van der Waals surface area contributed by atoms with Gasteiger partial charge in [0, 0.05) is 18.1 Å². The molecular formula is C18H18N2O3S2. The predicted octanol–water partition coefficient (Wildman–Crippen LogP) is 4.03. The number of benzene rings is 2. The van der Waals surface area contributed by atoms with E-state index in [-0.39, 0.29) is 11.4 Å². The van der Waals surface area contributed by atoms with Crippen LogP contribution >= 0.6 is 11.3 Å². The molecule has 1 heterocycles. The molecule has 0 radical (unpaired) electrons. The second-order valence-electron chi connectivity index (χ2n) is 5.61. The van der Waals surface area contributed by atoms with Crippen molar-refractivity contribution in [3.63, 3.8) is 0 Å². The number of sulfonamides is 1. The van der Waals surface area contributed by atoms with Crippen molar-refractivity contribution in [2.24, 2.45) is 0 Å². The third-order valence-corrected chi connectivity index (χ3v) is 5.84. The summed E-state index contributed by atoms with van der Waals surface area (Å²) in [6.45, 7) is 4.07. The first-order valence-corrected chi connectivity index (χ1v) is 10.0. The molecular weight excluding hydrogens is 356 g/mol. The Bertz CT molecular complexity index is 950. The van der Waals surface area contributed by atoms with Crippen molar-refractivity contribution in [3.05, 3.63) is 70.7 Å². The van der Waals surface area contributed by atoms with Crippen molar-refractivity contribution in [2.45, 2.75) is 25.3 Å². The van der Waals surface area contributed by atoms with E-state index in [2.05, 4.69) is 9.71 Å². The van der Waals surface area contributed by atoms with Crippen LogP contribution in [0.1, 0.15) is 16.7 Å². The number of hydrogen-bond donors (Lipinski definition) is 1. The first kappa shape index (κ1) is 17.6. The van der Waals surface area contributed by atoms with Crippen LogP contribution < -0.4 is 9.46 Å². The zero-order chi connectivity index (χ0) is 17.9. The highest BCUT2D eigenvalue weighted by Crippen LogP contribution is 2.23. The molecule has 3 aromatic rings. The first-order valence-electron chi connectivity index (χ1n) is 7.67. The number of hydrogen-bond acceptors (Lipinski definition) is 5. The molecule has 25 heavy (non-hydrogen) atoms. The molecule has 0 saturated heterocycles. The molecule has 0 atom stereocenters. The summed E-state index contributed by atoms with van der Waals surface area (Å²) in [6, 6.07) is 12.4. The van der Waals surface area contributed by atoms with Crippen LogP contribution in [0.4, 0.5) is 0 Å². The Morgan fingerprint density at radius 2 is 1.84 bits per heavy atom. The van der Waals surface area contributed by atoms with E-state index >= 15 is 0 Å². The summed E-state index contributed by atoms with van der Waals surface area (Å²) in [5, 5.41) is 2.41. The average Bonchev–Trinajstić information content (AvgIpc) is 3.10. The molecule has 0 amide bonds. The van der Waals surface area contributed by atoms with E-state index in [1.165, 1.54) is 11.3 Å². The fourth-order valence-corrected chi connectivity index (χ4v) is 3.79. The minimum Gasteiger partial charge on any atom is -0.431 e. The van der Waals surface area contributed by atoms with Crippen molar-refractivity contribution in [2.75, 3.05) is 0 Å². The molecule has 1 N–H and O–H groups in total. The molecule has 0 aliphatic rings. The molecule has 0 bridgehead atoms. The second-order valence-corrected chi connectivity index (χ2v) is 8.24. The lowest BCUT2D eigenvalue weighted by Gasteiger charge is -2.09. The van der Waals surface area contributed by atoms with Crippen molar-refractivity contribution in [1.29, 1.82) is 0 Å². The summed E-state index contributed by atoms with van der Waals surface area (Å²) >= 11 is 1.41. The smallest absolute Gasteiger partial charge is 0.278 e. The number of thiazole rings is 1. The molecule has 7 heteroatoms. The monoisotopic (exact) mass is 374 g/mol. The topological polar surface area (TPSA) is 68.3 Å². The maximum atomic E-state index is 12.4. The fourth-order valence-electron chi connectivity index (χ4n) is 2.18. The van der Waals surface area contributed by atoms with Crippen molar-refractivity contribution in [3.8, 4) is 10.9 Å². The summed E-state index contributed by atoms with van der Waals surface area (Å²) in [6.07, 6.45) is 1.68. The highest BCUT2D eigenvalue weighted by molar-refractivity contribution is 7.89. The van der Waals surface area contributed by atoms with Crippen LogP contribution in [-0.2, 0) is 16.6 Å². The number of rotatable bonds is 6. The summed E-state index contributed by atoms with van der Waals surface area (Å²) < 4.78 is 33.0. The van der Waals surface area contributed by atoms with Gasteiger partial charge in [0.05, 0.1) is 4.90 Å². The first-order chi connectivity index (χ1) is 11.9. The molecule has 0 aliphatic heterocycles. The van der Waals surface area contributed by atoms with E-state index in [9.17, 15) is 8.42 Å². The number of aryl methyl sites for hydroxylation is 2. The van der Waals surface area contributed by atoms with Crippen LogP contribution in [0.5, 0.6) is 10.9 Å². The second kappa shape index (κ2) is 7.35. The van der Waals surface area contributed by atoms with E-state index in [1.807, 2.05) is 37.4 Å². The molecule has 0 fully saturated rings. The summed E-state index contributed by atoms with van der Waals surface area (Å²) in [5.41, 5.74) is 2.86. The third kappa shape index (κ3) is 4.45. The van der Waals surface area contributed by atoms with E-state index in [4.69, 9.17) is 4.74 Å². The van der Waals surface area contributed by atoms with Gasteiger partial charge < -0.3 is 4.74 Å². The maximum absolute atomic E-state index is 12.4. The molecule has 2 aromatic carbocycles. The van der Waals surface area contributed by atoms with Gasteiger partial charge in [0.1, 0.15) is 5.75 Å². The van der Waals surface area contributed by atoms with Gasteiger partial charge in [-0.1, -0.05) is 29.5 Å². The highest BCUT2D eigenvalue weighted by Gasteiger charge is 2.14. The van der Waals surface area contributed by atoms with E-state index in [0.717, 1.165) is 16.7 Å². The Hall–Kier alpha value is -2.22. The van der Waals surface area contributed by atoms with Crippen molar-refractivity contribution < 1.29 is 13.2 Å². The van der Waals surface area contributed by atoms with Crippen LogP contribution in [0.3, 0.4) is 0 Å². The van der Waals surface area contributed by atoms with Gasteiger partial charge in [-0.25, -0.2) is 18.1 Å². The van der Waals surface area contributed by atoms with Crippen molar-refractivity contribution >= 4 is 21.4 Å². The fraction of sp³-hybridized carbons (Fsp3) is 0.167. The zero-order valence-corrected chi connectivity index (χ0v) is 15.5. The molecule has 5 nitrogen and oxygen atoms in total. The minimum absolute atomic E-state index is 0.215. The van der Waals surface area contributed by atoms with Gasteiger partial charge in [0.2, 0.25) is 10.0 Å². The summed E-state index contributed by atoms with van der Waals surface area (Å²) in [4.78, 5) is 4.33. The lowest BCUT2D eigenvalue weighted by Crippen LogP contribution is -2.23. The normalized spacial score (nSPS) is 11.4. The van der Waals surface area contributed by atoms with E-state index in [1.54, 1.807) is 30.5 Å². The highest BCUT2D eigenvalue weighted by atomic mass is 32.2. The molecule has 1 aromatic heterocycles. The van der Waals surface area contributed by atoms with Crippen LogP contribution in [-0.4, -0.2) is 13.4 Å². The Labute approximate surface area is 151 Å². The van der Waals surface area contributed by atoms with Crippen LogP contribution in [0.25, 0.3) is 0 Å². The van der Waals surface area contributed by atoms with Crippen LogP contribution in [0.2, 0.25) is 0 Å². The predicted molar refractivity (Wildman–Crippen MR) is 98.6 cm³/mol. The Balaban J connectivity index is 1.65. The summed E-state index contributed by atoms with van der Waals surface area (Å²) in [5.74, 6) is 0.663. The van der Waals surface area contributed by atoms with Gasteiger partial charge in [-0.15, -0.1) is 0 Å². The lowest BCUT2D eigenvalue weighted by molar-refractivity contribution is 0.478. The average molecular weight is 374 g/mol.